The Kier molecular flexibility index (Phi) is 8.63. The Morgan fingerprint density at radius 2 is 1.81 bits per heavy atom. The molecule has 6 heteroatoms. The third-order valence-corrected chi connectivity index (χ3v) is 3.63. The molecule has 0 unspecified atom stereocenters. The molecule has 0 spiro atoms. The van der Waals surface area contributed by atoms with E-state index < -0.39 is 0 Å². The quantitative estimate of drug-likeness (QED) is 0.586. The summed E-state index contributed by atoms with van der Waals surface area (Å²) in [5, 5.41) is 0. The van der Waals surface area contributed by atoms with Crippen molar-refractivity contribution in [3.63, 3.8) is 0 Å². The average molecular weight is 406 g/mol. The second-order valence-electron chi connectivity index (χ2n) is 4.92. The molecule has 0 radical (unpaired) electrons. The number of carbonyl (C=O) groups is 1. The minimum atomic E-state index is -0.0209. The molecule has 1 amide bonds. The van der Waals surface area contributed by atoms with Crippen LogP contribution in [0.5, 0.6) is 5.75 Å². The molecule has 0 saturated heterocycles. The first kappa shape index (κ1) is 18.2. The van der Waals surface area contributed by atoms with Crippen molar-refractivity contribution in [2.45, 2.75) is 0 Å². The monoisotopic (exact) mass is 406 g/mol. The van der Waals surface area contributed by atoms with Crippen LogP contribution in [0.15, 0.2) is 24.3 Å². The van der Waals surface area contributed by atoms with Gasteiger partial charge < -0.3 is 19.3 Å². The highest BCUT2D eigenvalue weighted by Crippen LogP contribution is 2.13. The van der Waals surface area contributed by atoms with Crippen molar-refractivity contribution >= 4 is 28.5 Å². The standard InChI is InChI=1S/C15H23IN2O3/c1-17(2)8-9-18(10-11-20-3)15(19)12-21-14-6-4-13(16)5-7-14/h4-7H,8-12H2,1-3H3. The summed E-state index contributed by atoms with van der Waals surface area (Å²) < 4.78 is 11.7. The number of benzene rings is 1. The summed E-state index contributed by atoms with van der Waals surface area (Å²) in [6, 6.07) is 7.65. The number of carbonyl (C=O) groups excluding carboxylic acids is 1. The molecule has 0 saturated carbocycles. The fourth-order valence-corrected chi connectivity index (χ4v) is 2.01. The molecule has 1 aromatic carbocycles. The minimum Gasteiger partial charge on any atom is -0.484 e. The molecule has 21 heavy (non-hydrogen) atoms. The number of hydrogen-bond acceptors (Lipinski definition) is 4. The normalized spacial score (nSPS) is 10.7. The molecule has 0 bridgehead atoms. The van der Waals surface area contributed by atoms with E-state index in [2.05, 4.69) is 22.6 Å². The number of ether oxygens (including phenoxy) is 2. The largest absolute Gasteiger partial charge is 0.484 e. The first-order valence-electron chi connectivity index (χ1n) is 6.82. The molecular weight excluding hydrogens is 383 g/mol. The lowest BCUT2D eigenvalue weighted by Crippen LogP contribution is -2.41. The van der Waals surface area contributed by atoms with Crippen molar-refractivity contribution in [1.82, 2.24) is 9.80 Å². The van der Waals surface area contributed by atoms with Crippen molar-refractivity contribution in [3.8, 4) is 5.75 Å². The average Bonchev–Trinajstić information content (AvgIpc) is 2.46. The molecule has 0 N–H and O–H groups in total. The van der Waals surface area contributed by atoms with E-state index in [0.717, 1.165) is 10.1 Å². The lowest BCUT2D eigenvalue weighted by molar-refractivity contribution is -0.134. The van der Waals surface area contributed by atoms with E-state index in [1.54, 1.807) is 12.0 Å². The van der Waals surface area contributed by atoms with E-state index in [9.17, 15) is 4.79 Å². The van der Waals surface area contributed by atoms with Crippen molar-refractivity contribution in [2.24, 2.45) is 0 Å². The van der Waals surface area contributed by atoms with E-state index in [0.29, 0.717) is 25.4 Å². The first-order chi connectivity index (χ1) is 10.0. The van der Waals surface area contributed by atoms with Crippen LogP contribution in [-0.4, -0.2) is 69.8 Å². The van der Waals surface area contributed by atoms with Gasteiger partial charge >= 0.3 is 0 Å². The third kappa shape index (κ3) is 7.63. The fourth-order valence-electron chi connectivity index (χ4n) is 1.65. The van der Waals surface area contributed by atoms with Crippen LogP contribution in [0.4, 0.5) is 0 Å². The van der Waals surface area contributed by atoms with E-state index in [4.69, 9.17) is 9.47 Å². The number of amides is 1. The van der Waals surface area contributed by atoms with Gasteiger partial charge in [0.05, 0.1) is 6.61 Å². The molecule has 0 fully saturated rings. The molecule has 0 aliphatic rings. The van der Waals surface area contributed by atoms with Gasteiger partial charge in [-0.15, -0.1) is 0 Å². The summed E-state index contributed by atoms with van der Waals surface area (Å²) in [6.07, 6.45) is 0. The maximum Gasteiger partial charge on any atom is 0.260 e. The molecule has 0 aromatic heterocycles. The van der Waals surface area contributed by atoms with Crippen LogP contribution in [0.2, 0.25) is 0 Å². The Morgan fingerprint density at radius 1 is 1.14 bits per heavy atom. The molecule has 1 aromatic rings. The Bertz CT molecular complexity index is 423. The number of rotatable bonds is 9. The van der Waals surface area contributed by atoms with E-state index in [-0.39, 0.29) is 12.5 Å². The maximum absolute atomic E-state index is 12.2. The van der Waals surface area contributed by atoms with Gasteiger partial charge in [0.25, 0.3) is 5.91 Å². The van der Waals surface area contributed by atoms with Crippen LogP contribution in [0.25, 0.3) is 0 Å². The molecular formula is C15H23IN2O3. The summed E-state index contributed by atoms with van der Waals surface area (Å²) in [7, 11) is 5.61. The Hall–Kier alpha value is -0.860. The summed E-state index contributed by atoms with van der Waals surface area (Å²) in [4.78, 5) is 16.0. The number of likely N-dealkylation sites (N-methyl/N-ethyl adjacent to an activating group) is 1. The minimum absolute atomic E-state index is 0.0209. The van der Waals surface area contributed by atoms with Crippen LogP contribution in [0, 0.1) is 3.57 Å². The predicted molar refractivity (Wildman–Crippen MR) is 91.7 cm³/mol. The second kappa shape index (κ2) is 9.97. The highest BCUT2D eigenvalue weighted by molar-refractivity contribution is 14.1. The number of nitrogens with zero attached hydrogens (tertiary/aromatic N) is 2. The van der Waals surface area contributed by atoms with Crippen LogP contribution in [-0.2, 0) is 9.53 Å². The zero-order valence-corrected chi connectivity index (χ0v) is 15.0. The zero-order valence-electron chi connectivity index (χ0n) is 12.8. The molecule has 118 valence electrons. The molecule has 0 atom stereocenters. The molecule has 0 aliphatic heterocycles. The molecule has 1 rings (SSSR count). The van der Waals surface area contributed by atoms with Crippen molar-refractivity contribution in [2.75, 3.05) is 54.1 Å². The van der Waals surface area contributed by atoms with Gasteiger partial charge in [0.2, 0.25) is 0 Å². The fraction of sp³-hybridized carbons (Fsp3) is 0.533. The lowest BCUT2D eigenvalue weighted by Gasteiger charge is -2.24. The number of methoxy groups -OCH3 is 1. The second-order valence-corrected chi connectivity index (χ2v) is 6.17. The highest BCUT2D eigenvalue weighted by atomic mass is 127. The number of hydrogen-bond donors (Lipinski definition) is 0. The van der Waals surface area contributed by atoms with Crippen LogP contribution >= 0.6 is 22.6 Å². The van der Waals surface area contributed by atoms with E-state index >= 15 is 0 Å². The molecule has 0 heterocycles. The summed E-state index contributed by atoms with van der Waals surface area (Å²) in [6.45, 7) is 2.66. The number of halogens is 1. The molecule has 5 nitrogen and oxygen atoms in total. The SMILES string of the molecule is COCCN(CCN(C)C)C(=O)COc1ccc(I)cc1. The third-order valence-electron chi connectivity index (χ3n) is 2.91. The van der Waals surface area contributed by atoms with Gasteiger partial charge in [-0.05, 0) is 61.0 Å². The summed E-state index contributed by atoms with van der Waals surface area (Å²) >= 11 is 2.23. The highest BCUT2D eigenvalue weighted by Gasteiger charge is 2.14. The Labute approximate surface area is 140 Å². The summed E-state index contributed by atoms with van der Waals surface area (Å²) in [5.74, 6) is 0.690. The zero-order chi connectivity index (χ0) is 15.7. The summed E-state index contributed by atoms with van der Waals surface area (Å²) in [5.41, 5.74) is 0. The van der Waals surface area contributed by atoms with Gasteiger partial charge in [0.15, 0.2) is 6.61 Å². The predicted octanol–water partition coefficient (Wildman–Crippen LogP) is 1.71. The van der Waals surface area contributed by atoms with Gasteiger partial charge in [-0.3, -0.25) is 4.79 Å². The van der Waals surface area contributed by atoms with Crippen LogP contribution in [0.1, 0.15) is 0 Å². The van der Waals surface area contributed by atoms with Crippen LogP contribution in [0.3, 0.4) is 0 Å². The van der Waals surface area contributed by atoms with Crippen molar-refractivity contribution in [1.29, 1.82) is 0 Å². The smallest absolute Gasteiger partial charge is 0.260 e. The first-order valence-corrected chi connectivity index (χ1v) is 7.90. The molecule has 0 aliphatic carbocycles. The van der Waals surface area contributed by atoms with Crippen LogP contribution < -0.4 is 4.74 Å². The lowest BCUT2D eigenvalue weighted by atomic mass is 10.3. The van der Waals surface area contributed by atoms with Gasteiger partial charge in [-0.2, -0.15) is 0 Å². The van der Waals surface area contributed by atoms with Gasteiger partial charge in [0.1, 0.15) is 5.75 Å². The van der Waals surface area contributed by atoms with Gasteiger partial charge in [-0.25, -0.2) is 0 Å². The van der Waals surface area contributed by atoms with E-state index in [1.165, 1.54) is 0 Å². The maximum atomic E-state index is 12.2. The van der Waals surface area contributed by atoms with Crippen molar-refractivity contribution in [3.05, 3.63) is 27.8 Å². The van der Waals surface area contributed by atoms with Crippen molar-refractivity contribution < 1.29 is 14.3 Å². The van der Waals surface area contributed by atoms with Gasteiger partial charge in [-0.1, -0.05) is 0 Å². The van der Waals surface area contributed by atoms with E-state index in [1.807, 2.05) is 43.3 Å². The Balaban J connectivity index is 2.48. The topological polar surface area (TPSA) is 42.0 Å². The van der Waals surface area contributed by atoms with Gasteiger partial charge in [0, 0.05) is 30.3 Å². The Morgan fingerprint density at radius 3 is 2.38 bits per heavy atom.